The van der Waals surface area contributed by atoms with Crippen LogP contribution in [0.15, 0.2) is 40.9 Å². The molecule has 2 rings (SSSR count). The van der Waals surface area contributed by atoms with Gasteiger partial charge in [-0.05, 0) is 42.8 Å². The van der Waals surface area contributed by atoms with E-state index in [1.54, 1.807) is 18.2 Å². The Balaban J connectivity index is 2.37. The molecule has 5 heteroatoms. The van der Waals surface area contributed by atoms with Gasteiger partial charge in [0.15, 0.2) is 0 Å². The van der Waals surface area contributed by atoms with E-state index in [0.717, 1.165) is 10.0 Å². The van der Waals surface area contributed by atoms with Crippen LogP contribution in [-0.4, -0.2) is 6.54 Å². The zero-order chi connectivity index (χ0) is 13.8. The molecule has 0 amide bonds. The largest absolute Gasteiger partial charge is 0.454 e. The standard InChI is InChI=1S/C14H12BrCl2NO/c15-10-4-5-13(12(17)8-10)19-14-9(6-7-18)2-1-3-11(14)16/h1-5,8H,6-7,18H2. The summed E-state index contributed by atoms with van der Waals surface area (Å²) in [6, 6.07) is 11.0. The molecule has 19 heavy (non-hydrogen) atoms. The van der Waals surface area contributed by atoms with Crippen LogP contribution in [0.3, 0.4) is 0 Å². The highest BCUT2D eigenvalue weighted by Crippen LogP contribution is 2.37. The number of nitrogens with two attached hydrogens (primary N) is 1. The summed E-state index contributed by atoms with van der Waals surface area (Å²) in [4.78, 5) is 0. The lowest BCUT2D eigenvalue weighted by atomic mass is 10.1. The summed E-state index contributed by atoms with van der Waals surface area (Å²) >= 11 is 15.7. The summed E-state index contributed by atoms with van der Waals surface area (Å²) in [6.07, 6.45) is 0.698. The van der Waals surface area contributed by atoms with Crippen molar-refractivity contribution < 1.29 is 4.74 Å². The first-order valence-corrected chi connectivity index (χ1v) is 7.27. The molecular formula is C14H12BrCl2NO. The molecule has 0 radical (unpaired) electrons. The maximum atomic E-state index is 6.18. The molecule has 0 aromatic heterocycles. The molecule has 100 valence electrons. The van der Waals surface area contributed by atoms with E-state index in [4.69, 9.17) is 33.7 Å². The van der Waals surface area contributed by atoms with Crippen LogP contribution in [0.1, 0.15) is 5.56 Å². The Bertz CT molecular complexity index is 590. The molecule has 2 nitrogen and oxygen atoms in total. The SMILES string of the molecule is NCCc1cccc(Cl)c1Oc1ccc(Br)cc1Cl. The molecule has 0 unspecified atom stereocenters. The number of rotatable bonds is 4. The maximum Gasteiger partial charge on any atom is 0.149 e. The van der Waals surface area contributed by atoms with Gasteiger partial charge in [0, 0.05) is 4.47 Å². The van der Waals surface area contributed by atoms with E-state index >= 15 is 0 Å². The number of hydrogen-bond donors (Lipinski definition) is 1. The topological polar surface area (TPSA) is 35.2 Å². The molecule has 0 atom stereocenters. The lowest BCUT2D eigenvalue weighted by Gasteiger charge is -2.13. The zero-order valence-corrected chi connectivity index (χ0v) is 13.1. The third-order valence-electron chi connectivity index (χ3n) is 2.57. The number of hydrogen-bond acceptors (Lipinski definition) is 2. The van der Waals surface area contributed by atoms with Crippen molar-refractivity contribution in [1.82, 2.24) is 0 Å². The summed E-state index contributed by atoms with van der Waals surface area (Å²) in [6.45, 7) is 0.533. The van der Waals surface area contributed by atoms with Crippen molar-refractivity contribution in [2.45, 2.75) is 6.42 Å². The summed E-state index contributed by atoms with van der Waals surface area (Å²) in [5.74, 6) is 1.18. The second-order valence-electron chi connectivity index (χ2n) is 3.94. The molecule has 0 saturated heterocycles. The first-order valence-electron chi connectivity index (χ1n) is 5.72. The molecule has 2 aromatic carbocycles. The van der Waals surface area contributed by atoms with Crippen molar-refractivity contribution in [1.29, 1.82) is 0 Å². The van der Waals surface area contributed by atoms with Crippen molar-refractivity contribution in [2.24, 2.45) is 5.73 Å². The molecule has 0 fully saturated rings. The van der Waals surface area contributed by atoms with E-state index in [0.29, 0.717) is 34.5 Å². The van der Waals surface area contributed by atoms with E-state index in [1.165, 1.54) is 0 Å². The van der Waals surface area contributed by atoms with Crippen molar-refractivity contribution in [3.63, 3.8) is 0 Å². The molecule has 0 heterocycles. The molecule has 2 N–H and O–H groups in total. The van der Waals surface area contributed by atoms with Crippen LogP contribution in [-0.2, 0) is 6.42 Å². The highest BCUT2D eigenvalue weighted by molar-refractivity contribution is 9.10. The van der Waals surface area contributed by atoms with Crippen LogP contribution in [0, 0.1) is 0 Å². The minimum Gasteiger partial charge on any atom is -0.454 e. The van der Waals surface area contributed by atoms with Crippen LogP contribution in [0.5, 0.6) is 11.5 Å². The third-order valence-corrected chi connectivity index (χ3v) is 3.65. The Labute approximate surface area is 130 Å². The molecule has 0 aliphatic heterocycles. The van der Waals surface area contributed by atoms with Crippen LogP contribution in [0.4, 0.5) is 0 Å². The summed E-state index contributed by atoms with van der Waals surface area (Å²) in [5.41, 5.74) is 6.56. The Morgan fingerprint density at radius 2 is 1.89 bits per heavy atom. The summed E-state index contributed by atoms with van der Waals surface area (Å²) in [7, 11) is 0. The number of para-hydroxylation sites is 1. The average molecular weight is 361 g/mol. The van der Waals surface area contributed by atoms with Crippen molar-refractivity contribution in [2.75, 3.05) is 6.54 Å². The van der Waals surface area contributed by atoms with Crippen LogP contribution in [0.2, 0.25) is 10.0 Å². The highest BCUT2D eigenvalue weighted by atomic mass is 79.9. The zero-order valence-electron chi connectivity index (χ0n) is 10.00. The van der Waals surface area contributed by atoms with Crippen LogP contribution in [0.25, 0.3) is 0 Å². The number of ether oxygens (including phenoxy) is 1. The molecule has 0 spiro atoms. The van der Waals surface area contributed by atoms with Crippen molar-refractivity contribution in [3.8, 4) is 11.5 Å². The van der Waals surface area contributed by atoms with Gasteiger partial charge in [-0.2, -0.15) is 0 Å². The van der Waals surface area contributed by atoms with E-state index in [-0.39, 0.29) is 0 Å². The Hall–Kier alpha value is -0.740. The number of benzene rings is 2. The minimum atomic E-state index is 0.521. The molecule has 0 bridgehead atoms. The molecule has 0 aliphatic rings. The number of halogens is 3. The summed E-state index contributed by atoms with van der Waals surface area (Å²) < 4.78 is 6.73. The van der Waals surface area contributed by atoms with Crippen LogP contribution >= 0.6 is 39.1 Å². The van der Waals surface area contributed by atoms with E-state index in [1.807, 2.05) is 18.2 Å². The van der Waals surface area contributed by atoms with Gasteiger partial charge in [0.25, 0.3) is 0 Å². The molecule has 0 aliphatic carbocycles. The highest BCUT2D eigenvalue weighted by Gasteiger charge is 2.11. The fraction of sp³-hybridized carbons (Fsp3) is 0.143. The van der Waals surface area contributed by atoms with E-state index < -0.39 is 0 Å². The fourth-order valence-corrected chi connectivity index (χ4v) is 2.63. The smallest absolute Gasteiger partial charge is 0.149 e. The first-order chi connectivity index (χ1) is 9.11. The van der Waals surface area contributed by atoms with Gasteiger partial charge in [-0.15, -0.1) is 0 Å². The van der Waals surface area contributed by atoms with E-state index in [9.17, 15) is 0 Å². The van der Waals surface area contributed by atoms with Gasteiger partial charge >= 0.3 is 0 Å². The van der Waals surface area contributed by atoms with Gasteiger partial charge in [0.1, 0.15) is 11.5 Å². The molecule has 0 saturated carbocycles. The molecular weight excluding hydrogens is 349 g/mol. The van der Waals surface area contributed by atoms with Gasteiger partial charge < -0.3 is 10.5 Å². The van der Waals surface area contributed by atoms with Gasteiger partial charge in [0.2, 0.25) is 0 Å². The van der Waals surface area contributed by atoms with Gasteiger partial charge in [0.05, 0.1) is 10.0 Å². The van der Waals surface area contributed by atoms with Gasteiger partial charge in [-0.3, -0.25) is 0 Å². The van der Waals surface area contributed by atoms with Crippen LogP contribution < -0.4 is 10.5 Å². The second kappa shape index (κ2) is 6.62. The Kier molecular flexibility index (Phi) is 5.11. The van der Waals surface area contributed by atoms with Gasteiger partial charge in [-0.25, -0.2) is 0 Å². The lowest BCUT2D eigenvalue weighted by Crippen LogP contribution is -2.04. The minimum absolute atomic E-state index is 0.521. The maximum absolute atomic E-state index is 6.18. The Morgan fingerprint density at radius 1 is 1.11 bits per heavy atom. The predicted molar refractivity (Wildman–Crippen MR) is 83.4 cm³/mol. The normalized spacial score (nSPS) is 10.5. The Morgan fingerprint density at radius 3 is 2.58 bits per heavy atom. The van der Waals surface area contributed by atoms with E-state index in [2.05, 4.69) is 15.9 Å². The lowest BCUT2D eigenvalue weighted by molar-refractivity contribution is 0.476. The second-order valence-corrected chi connectivity index (χ2v) is 5.67. The quantitative estimate of drug-likeness (QED) is 0.827. The van der Waals surface area contributed by atoms with Gasteiger partial charge in [-0.1, -0.05) is 51.3 Å². The average Bonchev–Trinajstić information content (AvgIpc) is 2.36. The monoisotopic (exact) mass is 359 g/mol. The predicted octanol–water partition coefficient (Wildman–Crippen LogP) is 5.05. The molecule has 2 aromatic rings. The third kappa shape index (κ3) is 3.63. The van der Waals surface area contributed by atoms with Crippen molar-refractivity contribution >= 4 is 39.1 Å². The summed E-state index contributed by atoms with van der Waals surface area (Å²) in [5, 5.41) is 1.07. The first kappa shape index (κ1) is 14.7. The fourth-order valence-electron chi connectivity index (χ4n) is 1.69. The van der Waals surface area contributed by atoms with Crippen molar-refractivity contribution in [3.05, 3.63) is 56.5 Å².